The van der Waals surface area contributed by atoms with Crippen molar-refractivity contribution in [1.29, 1.82) is 0 Å². The van der Waals surface area contributed by atoms with Gasteiger partial charge in [-0.3, -0.25) is 10.1 Å². The van der Waals surface area contributed by atoms with Gasteiger partial charge in [0.25, 0.3) is 5.91 Å². The van der Waals surface area contributed by atoms with Crippen LogP contribution in [0.4, 0.5) is 4.79 Å². The fourth-order valence-corrected chi connectivity index (χ4v) is 2.95. The number of amides is 3. The topological polar surface area (TPSA) is 84.5 Å². The molecule has 0 bridgehead atoms. The van der Waals surface area contributed by atoms with Gasteiger partial charge in [-0.2, -0.15) is 0 Å². The fourth-order valence-electron chi connectivity index (χ4n) is 2.82. The number of hydrogen-bond acceptors (Lipinski definition) is 4. The quantitative estimate of drug-likeness (QED) is 0.608. The molecule has 6 nitrogen and oxygen atoms in total. The van der Waals surface area contributed by atoms with E-state index in [4.69, 9.17) is 16.3 Å². The van der Waals surface area contributed by atoms with Gasteiger partial charge in [0, 0.05) is 17.1 Å². The number of carbonyl (C=O) groups excluding carboxylic acids is 3. The highest BCUT2D eigenvalue weighted by Gasteiger charge is 2.23. The van der Waals surface area contributed by atoms with E-state index in [1.165, 1.54) is 12.5 Å². The lowest BCUT2D eigenvalue weighted by atomic mass is 9.86. The molecule has 0 aromatic heterocycles. The Bertz CT molecular complexity index is 673. The minimum Gasteiger partial charge on any atom is -0.452 e. The van der Waals surface area contributed by atoms with Crippen LogP contribution in [-0.2, 0) is 14.3 Å². The van der Waals surface area contributed by atoms with Gasteiger partial charge in [0.1, 0.15) is 0 Å². The van der Waals surface area contributed by atoms with Crippen LogP contribution in [0.3, 0.4) is 0 Å². The number of rotatable bonds is 5. The van der Waals surface area contributed by atoms with Crippen LogP contribution in [0.1, 0.15) is 38.2 Å². The number of urea groups is 1. The van der Waals surface area contributed by atoms with E-state index in [0.717, 1.165) is 24.8 Å². The van der Waals surface area contributed by atoms with E-state index in [-0.39, 0.29) is 6.04 Å². The van der Waals surface area contributed by atoms with Crippen LogP contribution in [0.25, 0.3) is 6.08 Å². The highest BCUT2D eigenvalue weighted by molar-refractivity contribution is 6.30. The third-order valence-electron chi connectivity index (χ3n) is 4.31. The standard InChI is InChI=1S/C19H23ClN2O4/c1-13-4-2-3-5-16(13)21-19(25)22-17(23)12-26-18(24)11-8-14-6-9-15(20)10-7-14/h6-11,13,16H,2-5,12H2,1H3,(H2,21,22,23,25)/b11-8+/t13-,16-/m0/s1. The first-order valence-corrected chi connectivity index (χ1v) is 9.02. The van der Waals surface area contributed by atoms with Gasteiger partial charge in [0.15, 0.2) is 6.61 Å². The molecule has 1 fully saturated rings. The first-order chi connectivity index (χ1) is 12.4. The zero-order chi connectivity index (χ0) is 18.9. The maximum atomic E-state index is 11.8. The van der Waals surface area contributed by atoms with Gasteiger partial charge in [-0.25, -0.2) is 9.59 Å². The Hall–Kier alpha value is -2.34. The van der Waals surface area contributed by atoms with Crippen molar-refractivity contribution in [3.8, 4) is 0 Å². The second-order valence-electron chi connectivity index (χ2n) is 6.38. The number of halogens is 1. The third kappa shape index (κ3) is 6.88. The van der Waals surface area contributed by atoms with Crippen molar-refractivity contribution >= 4 is 35.6 Å². The Kier molecular flexibility index (Phi) is 7.66. The van der Waals surface area contributed by atoms with E-state index in [0.29, 0.717) is 10.9 Å². The van der Waals surface area contributed by atoms with Gasteiger partial charge in [0.05, 0.1) is 0 Å². The van der Waals surface area contributed by atoms with Crippen molar-refractivity contribution in [2.75, 3.05) is 6.61 Å². The van der Waals surface area contributed by atoms with Crippen LogP contribution >= 0.6 is 11.6 Å². The van der Waals surface area contributed by atoms with Crippen LogP contribution in [0.5, 0.6) is 0 Å². The summed E-state index contributed by atoms with van der Waals surface area (Å²) in [5, 5.41) is 5.58. The molecule has 0 heterocycles. The highest BCUT2D eigenvalue weighted by atomic mass is 35.5. The summed E-state index contributed by atoms with van der Waals surface area (Å²) in [7, 11) is 0. The molecule has 0 aliphatic heterocycles. The second kappa shape index (κ2) is 9.97. The largest absolute Gasteiger partial charge is 0.452 e. The molecule has 2 atom stereocenters. The van der Waals surface area contributed by atoms with Crippen molar-refractivity contribution in [2.24, 2.45) is 5.92 Å². The molecule has 3 amide bonds. The Morgan fingerprint density at radius 3 is 2.58 bits per heavy atom. The summed E-state index contributed by atoms with van der Waals surface area (Å²) in [5.74, 6) is -0.948. The molecule has 0 saturated heterocycles. The Balaban J connectivity index is 1.69. The number of imide groups is 1. The van der Waals surface area contributed by atoms with Gasteiger partial charge in [0.2, 0.25) is 0 Å². The van der Waals surface area contributed by atoms with Crippen LogP contribution in [-0.4, -0.2) is 30.6 Å². The highest BCUT2D eigenvalue weighted by Crippen LogP contribution is 2.23. The molecular formula is C19H23ClN2O4. The molecule has 1 saturated carbocycles. The van der Waals surface area contributed by atoms with E-state index in [1.807, 2.05) is 0 Å². The predicted molar refractivity (Wildman–Crippen MR) is 99.5 cm³/mol. The van der Waals surface area contributed by atoms with E-state index in [2.05, 4.69) is 17.6 Å². The molecule has 0 spiro atoms. The minimum atomic E-state index is -0.670. The minimum absolute atomic E-state index is 0.0707. The number of ether oxygens (including phenoxy) is 1. The monoisotopic (exact) mass is 378 g/mol. The lowest BCUT2D eigenvalue weighted by Crippen LogP contribution is -2.48. The van der Waals surface area contributed by atoms with Gasteiger partial charge in [-0.15, -0.1) is 0 Å². The molecule has 140 valence electrons. The van der Waals surface area contributed by atoms with Gasteiger partial charge >= 0.3 is 12.0 Å². The molecule has 1 aromatic carbocycles. The van der Waals surface area contributed by atoms with Gasteiger partial charge in [-0.05, 0) is 42.5 Å². The molecule has 1 aromatic rings. The van der Waals surface area contributed by atoms with Gasteiger partial charge < -0.3 is 10.1 Å². The maximum Gasteiger partial charge on any atom is 0.331 e. The fraction of sp³-hybridized carbons (Fsp3) is 0.421. The molecule has 2 N–H and O–H groups in total. The van der Waals surface area contributed by atoms with Crippen molar-refractivity contribution < 1.29 is 19.1 Å². The summed E-state index contributed by atoms with van der Waals surface area (Å²) in [4.78, 5) is 35.2. The van der Waals surface area contributed by atoms with Crippen molar-refractivity contribution in [1.82, 2.24) is 10.6 Å². The summed E-state index contributed by atoms with van der Waals surface area (Å²) in [5.41, 5.74) is 0.775. The van der Waals surface area contributed by atoms with E-state index < -0.39 is 24.5 Å². The molecular weight excluding hydrogens is 356 g/mol. The summed E-state index contributed by atoms with van der Waals surface area (Å²) in [6.07, 6.45) is 6.97. The van der Waals surface area contributed by atoms with E-state index in [1.54, 1.807) is 30.3 Å². The summed E-state index contributed by atoms with van der Waals surface area (Å²) in [6, 6.07) is 6.41. The van der Waals surface area contributed by atoms with Crippen LogP contribution in [0, 0.1) is 5.92 Å². The number of benzene rings is 1. The van der Waals surface area contributed by atoms with Crippen molar-refractivity contribution in [2.45, 2.75) is 38.6 Å². The molecule has 1 aliphatic carbocycles. The van der Waals surface area contributed by atoms with Crippen LogP contribution < -0.4 is 10.6 Å². The van der Waals surface area contributed by atoms with Crippen LogP contribution in [0.2, 0.25) is 5.02 Å². The molecule has 26 heavy (non-hydrogen) atoms. The van der Waals surface area contributed by atoms with E-state index >= 15 is 0 Å². The Labute approximate surface area is 157 Å². The van der Waals surface area contributed by atoms with Crippen LogP contribution in [0.15, 0.2) is 30.3 Å². The zero-order valence-corrected chi connectivity index (χ0v) is 15.4. The average Bonchev–Trinajstić information content (AvgIpc) is 2.61. The normalized spacial score (nSPS) is 19.8. The Morgan fingerprint density at radius 2 is 1.88 bits per heavy atom. The summed E-state index contributed by atoms with van der Waals surface area (Å²) >= 11 is 5.78. The lowest BCUT2D eigenvalue weighted by Gasteiger charge is -2.29. The summed E-state index contributed by atoms with van der Waals surface area (Å²) in [6.45, 7) is 1.57. The number of esters is 1. The Morgan fingerprint density at radius 1 is 1.19 bits per heavy atom. The molecule has 0 unspecified atom stereocenters. The molecule has 2 rings (SSSR count). The van der Waals surface area contributed by atoms with Crippen molar-refractivity contribution in [3.63, 3.8) is 0 Å². The van der Waals surface area contributed by atoms with E-state index in [9.17, 15) is 14.4 Å². The zero-order valence-electron chi connectivity index (χ0n) is 14.7. The molecule has 7 heteroatoms. The maximum absolute atomic E-state index is 11.8. The SMILES string of the molecule is C[C@H]1CCCC[C@@H]1NC(=O)NC(=O)COC(=O)/C=C/c1ccc(Cl)cc1. The second-order valence-corrected chi connectivity index (χ2v) is 6.82. The number of carbonyl (C=O) groups is 3. The average molecular weight is 379 g/mol. The number of nitrogens with one attached hydrogen (secondary N) is 2. The summed E-state index contributed by atoms with van der Waals surface area (Å²) < 4.78 is 4.82. The number of hydrogen-bond donors (Lipinski definition) is 2. The first kappa shape index (κ1) is 20.0. The molecule has 1 aliphatic rings. The first-order valence-electron chi connectivity index (χ1n) is 8.65. The molecule has 0 radical (unpaired) electrons. The third-order valence-corrected chi connectivity index (χ3v) is 4.56. The predicted octanol–water partition coefficient (Wildman–Crippen LogP) is 3.30. The van der Waals surface area contributed by atoms with Gasteiger partial charge in [-0.1, -0.05) is 43.5 Å². The van der Waals surface area contributed by atoms with Crippen molar-refractivity contribution in [3.05, 3.63) is 40.9 Å². The lowest BCUT2D eigenvalue weighted by molar-refractivity contribution is -0.143. The smallest absolute Gasteiger partial charge is 0.331 e.